The summed E-state index contributed by atoms with van der Waals surface area (Å²) in [5.74, 6) is -5.63. The average Bonchev–Trinajstić information content (AvgIpc) is 3.25. The van der Waals surface area contributed by atoms with E-state index < -0.39 is 76.8 Å². The maximum absolute atomic E-state index is 13.4. The zero-order chi connectivity index (χ0) is 46.1. The number of benzene rings is 5. The smallest absolute Gasteiger partial charge is 0.335 e. The number of fused-ring (bicyclic) bond motifs is 2. The van der Waals surface area contributed by atoms with Gasteiger partial charge in [-0.15, -0.1) is 0 Å². The summed E-state index contributed by atoms with van der Waals surface area (Å²) in [6, 6.07) is 23.8. The topological polar surface area (TPSA) is 324 Å². The molecule has 0 aliphatic heterocycles. The van der Waals surface area contributed by atoms with E-state index in [0.29, 0.717) is 0 Å². The molecule has 0 fully saturated rings. The second-order valence-electron chi connectivity index (χ2n) is 13.6. The molecule has 22 heteroatoms. The molecular weight excluding hydrogens is 877 g/mol. The van der Waals surface area contributed by atoms with Gasteiger partial charge in [-0.1, -0.05) is 12.1 Å². The van der Waals surface area contributed by atoms with Crippen LogP contribution in [0, 0.1) is 0 Å². The van der Waals surface area contributed by atoms with Gasteiger partial charge in [0.1, 0.15) is 9.81 Å². The highest BCUT2D eigenvalue weighted by atomic mass is 32.2. The molecule has 8 N–H and O–H groups in total. The third-order valence-electron chi connectivity index (χ3n) is 9.36. The van der Waals surface area contributed by atoms with Crippen LogP contribution in [0.2, 0.25) is 0 Å². The number of Topliss-reactive ketones (excluding diaryl/α,β-unsaturated/α-hetero) is 2. The van der Waals surface area contributed by atoms with Crippen molar-refractivity contribution in [3.8, 4) is 0 Å². The normalized spacial score (nSPS) is 14.7. The number of hydrogen-bond donors (Lipinski definition) is 8. The van der Waals surface area contributed by atoms with Crippen molar-refractivity contribution >= 4 is 102 Å². The summed E-state index contributed by atoms with van der Waals surface area (Å²) in [6.07, 6.45) is 1.95. The van der Waals surface area contributed by atoms with E-state index in [4.69, 9.17) is 0 Å². The molecule has 0 radical (unpaired) electrons. The molecule has 0 aromatic heterocycles. The lowest BCUT2D eigenvalue weighted by Gasteiger charge is -2.17. The Balaban J connectivity index is 1.04. The number of hydrazone groups is 2. The minimum atomic E-state index is -5.03. The van der Waals surface area contributed by atoms with E-state index in [0.717, 1.165) is 12.2 Å². The van der Waals surface area contributed by atoms with Gasteiger partial charge in [0.25, 0.3) is 32.1 Å². The van der Waals surface area contributed by atoms with Crippen LogP contribution in [0.5, 0.6) is 0 Å². The van der Waals surface area contributed by atoms with E-state index in [9.17, 15) is 64.9 Å². The summed E-state index contributed by atoms with van der Waals surface area (Å²) < 4.78 is 69.2. The number of anilines is 4. The Labute approximate surface area is 360 Å². The molecule has 0 atom stereocenters. The Morgan fingerprint density at radius 1 is 0.469 bits per heavy atom. The fourth-order valence-corrected chi connectivity index (χ4v) is 7.62. The van der Waals surface area contributed by atoms with Crippen LogP contribution < -0.4 is 21.5 Å². The summed E-state index contributed by atoms with van der Waals surface area (Å²) in [4.78, 5) is 74.1. The first-order chi connectivity index (χ1) is 30.3. The maximum Gasteiger partial charge on any atom is 0.335 e. The van der Waals surface area contributed by atoms with E-state index in [-0.39, 0.29) is 67.3 Å². The second kappa shape index (κ2) is 17.1. The molecule has 2 aliphatic rings. The number of rotatable bonds is 12. The van der Waals surface area contributed by atoms with E-state index in [1.54, 1.807) is 0 Å². The number of nitrogens with zero attached hydrogens (tertiary/aromatic N) is 2. The van der Waals surface area contributed by atoms with Crippen molar-refractivity contribution < 1.29 is 64.9 Å². The Bertz CT molecular complexity index is 3030. The molecule has 20 nitrogen and oxygen atoms in total. The molecule has 2 amide bonds. The molecule has 5 aromatic carbocycles. The van der Waals surface area contributed by atoms with E-state index in [1.165, 1.54) is 109 Å². The number of allylic oxidation sites excluding steroid dienone is 2. The second-order valence-corrected chi connectivity index (χ2v) is 16.4. The van der Waals surface area contributed by atoms with E-state index in [2.05, 4.69) is 31.7 Å². The SMILES string of the molecule is O=C(O)c1cccc(N/N=C2\C(=O)c3ccc(NC(=O)c4ccc(C(=O)Nc5ccc6c(c5)C=C(S(=O)(=O)O)/C(=N/Nc5cccc(C(=O)O)c5)C6=O)cc4)cc3C=C2S(=O)(=O)O)c1. The highest BCUT2D eigenvalue weighted by Gasteiger charge is 2.34. The molecule has 0 saturated heterocycles. The molecule has 7 rings (SSSR count). The largest absolute Gasteiger partial charge is 0.478 e. The Hall–Kier alpha value is -8.44. The lowest BCUT2D eigenvalue weighted by atomic mass is 9.94. The minimum absolute atomic E-state index is 0.0109. The van der Waals surface area contributed by atoms with Crippen molar-refractivity contribution in [1.29, 1.82) is 0 Å². The lowest BCUT2D eigenvalue weighted by molar-refractivity contribution is 0.0686. The molecule has 0 spiro atoms. The molecule has 64 heavy (non-hydrogen) atoms. The number of carbonyl (C=O) groups is 6. The van der Waals surface area contributed by atoms with Crippen molar-refractivity contribution in [2.45, 2.75) is 0 Å². The number of amides is 2. The standard InChI is InChI=1S/C42H28N6O14S2/c49-37-31-13-11-27(17-25(31)19-33(63(57,58)59)35(37)47-45-29-5-1-3-23(15-29)41(53)54)43-39(51)21-7-9-22(10-8-21)40(52)44-28-12-14-32-26(18-28)20-34(64(60,61)62)36(38(32)50)48-46-30-6-2-4-24(16-30)42(55)56/h1-20,45-46H,(H,43,51)(H,44,52)(H,53,54)(H,55,56)(H,57,58,59)(H,60,61,62)/b47-35-,48-36-. The first-order valence-corrected chi connectivity index (χ1v) is 21.0. The number of hydrogen-bond acceptors (Lipinski definition) is 14. The van der Waals surface area contributed by atoms with Gasteiger partial charge in [-0.25, -0.2) is 9.59 Å². The van der Waals surface area contributed by atoms with Crippen LogP contribution in [0.3, 0.4) is 0 Å². The fourth-order valence-electron chi connectivity index (χ4n) is 6.30. The van der Waals surface area contributed by atoms with Crippen LogP contribution in [0.15, 0.2) is 129 Å². The first kappa shape index (κ1) is 43.6. The average molecular weight is 905 g/mol. The van der Waals surface area contributed by atoms with E-state index in [1.807, 2.05) is 0 Å². The molecule has 0 saturated carbocycles. The van der Waals surface area contributed by atoms with Gasteiger partial charge in [0.05, 0.1) is 22.5 Å². The highest BCUT2D eigenvalue weighted by molar-refractivity contribution is 7.91. The van der Waals surface area contributed by atoms with Crippen molar-refractivity contribution in [2.75, 3.05) is 21.5 Å². The van der Waals surface area contributed by atoms with Crippen LogP contribution in [0.1, 0.15) is 73.3 Å². The Kier molecular flexibility index (Phi) is 11.7. The highest BCUT2D eigenvalue weighted by Crippen LogP contribution is 2.30. The van der Waals surface area contributed by atoms with Crippen LogP contribution in [-0.2, 0) is 20.2 Å². The number of carbonyl (C=O) groups excluding carboxylic acids is 4. The van der Waals surface area contributed by atoms with E-state index >= 15 is 0 Å². The van der Waals surface area contributed by atoms with Crippen LogP contribution in [-0.4, -0.2) is 82.9 Å². The summed E-state index contributed by atoms with van der Waals surface area (Å²) in [6.45, 7) is 0. The molecule has 5 aromatic rings. The van der Waals surface area contributed by atoms with Crippen molar-refractivity contribution in [3.63, 3.8) is 0 Å². The Morgan fingerprint density at radius 2 is 0.844 bits per heavy atom. The third kappa shape index (κ3) is 9.39. The quantitative estimate of drug-likeness (QED) is 0.0576. The van der Waals surface area contributed by atoms with Crippen molar-refractivity contribution in [1.82, 2.24) is 0 Å². The first-order valence-electron chi connectivity index (χ1n) is 18.1. The molecule has 0 bridgehead atoms. The molecular formula is C42H28N6O14S2. The summed E-state index contributed by atoms with van der Waals surface area (Å²) in [5.41, 5.74) is 3.83. The van der Waals surface area contributed by atoms with Gasteiger partial charge in [0.15, 0.2) is 11.4 Å². The van der Waals surface area contributed by atoms with Crippen LogP contribution in [0.4, 0.5) is 22.7 Å². The molecule has 322 valence electrons. The van der Waals surface area contributed by atoms with Gasteiger partial charge in [-0.2, -0.15) is 27.0 Å². The third-order valence-corrected chi connectivity index (χ3v) is 11.1. The van der Waals surface area contributed by atoms with Gasteiger partial charge in [0, 0.05) is 33.6 Å². The minimum Gasteiger partial charge on any atom is -0.478 e. The van der Waals surface area contributed by atoms with Gasteiger partial charge in [-0.3, -0.25) is 39.1 Å². The predicted octanol–water partition coefficient (Wildman–Crippen LogP) is 5.37. The maximum atomic E-state index is 13.4. The van der Waals surface area contributed by atoms with Crippen LogP contribution in [0.25, 0.3) is 12.2 Å². The number of carboxylic acids is 2. The summed E-state index contributed by atoms with van der Waals surface area (Å²) in [5, 5.41) is 31.3. The van der Waals surface area contributed by atoms with Gasteiger partial charge < -0.3 is 20.8 Å². The lowest BCUT2D eigenvalue weighted by Crippen LogP contribution is -2.27. The number of aromatic carboxylic acids is 2. The fraction of sp³-hybridized carbons (Fsp3) is 0. The van der Waals surface area contributed by atoms with Crippen LogP contribution >= 0.6 is 0 Å². The molecule has 2 aliphatic carbocycles. The number of ketones is 2. The van der Waals surface area contributed by atoms with Gasteiger partial charge in [0.2, 0.25) is 11.6 Å². The monoisotopic (exact) mass is 904 g/mol. The predicted molar refractivity (Wildman–Crippen MR) is 232 cm³/mol. The molecule has 0 unspecified atom stereocenters. The van der Waals surface area contributed by atoms with Gasteiger partial charge >= 0.3 is 11.9 Å². The number of carboxylic acid groups (broad SMARTS) is 2. The zero-order valence-electron chi connectivity index (χ0n) is 32.1. The number of nitrogens with one attached hydrogen (secondary N) is 4. The van der Waals surface area contributed by atoms with Crippen molar-refractivity contribution in [3.05, 3.63) is 164 Å². The molecule has 0 heterocycles. The Morgan fingerprint density at radius 3 is 1.19 bits per heavy atom. The van der Waals surface area contributed by atoms with Gasteiger partial charge in [-0.05, 0) is 120 Å². The summed E-state index contributed by atoms with van der Waals surface area (Å²) in [7, 11) is -10.1. The van der Waals surface area contributed by atoms with Crippen molar-refractivity contribution in [2.24, 2.45) is 10.2 Å². The summed E-state index contributed by atoms with van der Waals surface area (Å²) >= 11 is 0. The zero-order valence-corrected chi connectivity index (χ0v) is 33.8.